The summed E-state index contributed by atoms with van der Waals surface area (Å²) in [4.78, 5) is 36.4. The fourth-order valence-corrected chi connectivity index (χ4v) is 6.05. The molecule has 9 atom stereocenters. The highest BCUT2D eigenvalue weighted by Crippen LogP contribution is 2.72. The number of rotatable bonds is 6. The van der Waals surface area contributed by atoms with Crippen LogP contribution in [0, 0.1) is 16.7 Å². The van der Waals surface area contributed by atoms with Gasteiger partial charge < -0.3 is 33.9 Å². The summed E-state index contributed by atoms with van der Waals surface area (Å²) in [6, 6.07) is 0. The second kappa shape index (κ2) is 8.04. The van der Waals surface area contributed by atoms with Crippen LogP contribution in [0.15, 0.2) is 11.6 Å². The number of hydrogen-bond donors (Lipinski definition) is 2. The third-order valence-electron chi connectivity index (χ3n) is 8.09. The van der Waals surface area contributed by atoms with Crippen LogP contribution in [0.25, 0.3) is 0 Å². The number of esters is 3. The van der Waals surface area contributed by atoms with Gasteiger partial charge in [-0.25, -0.2) is 0 Å². The van der Waals surface area contributed by atoms with Crippen LogP contribution in [0.3, 0.4) is 0 Å². The third kappa shape index (κ3) is 3.33. The van der Waals surface area contributed by atoms with Gasteiger partial charge in [-0.15, -0.1) is 0 Å². The topological polar surface area (TPSA) is 141 Å². The summed E-state index contributed by atoms with van der Waals surface area (Å²) < 4.78 is 29.2. The largest absolute Gasteiger partial charge is 0.465 e. The molecule has 2 N–H and O–H groups in total. The predicted octanol–water partition coefficient (Wildman–Crippen LogP) is 0.275. The van der Waals surface area contributed by atoms with Gasteiger partial charge in [0.15, 0.2) is 0 Å². The summed E-state index contributed by atoms with van der Waals surface area (Å²) in [7, 11) is 0. The van der Waals surface area contributed by atoms with Crippen molar-refractivity contribution in [2.75, 3.05) is 19.8 Å². The standard InChI is InChI=1S/C23H32O10/c1-11-6-16-22(9-29-13(3)25,7-15(11)32-20(28)12(2)8-24)21(5)18(31-14(4)26)17(27)19(33-16)23(21)10-30-23/h6,12,15-19,24,27H,7-10H2,1-5H3/t12?,15-,16+,17+,18+,19+,21+,22+,23-/m0/s1. The van der Waals surface area contributed by atoms with Gasteiger partial charge in [-0.2, -0.15) is 0 Å². The fraction of sp³-hybridized carbons (Fsp3) is 0.783. The van der Waals surface area contributed by atoms with E-state index < -0.39 is 70.8 Å². The van der Waals surface area contributed by atoms with Gasteiger partial charge in [-0.1, -0.05) is 13.0 Å². The smallest absolute Gasteiger partial charge is 0.311 e. The lowest BCUT2D eigenvalue weighted by molar-refractivity contribution is -0.241. The van der Waals surface area contributed by atoms with Crippen molar-refractivity contribution >= 4 is 17.9 Å². The van der Waals surface area contributed by atoms with Crippen molar-refractivity contribution in [3.63, 3.8) is 0 Å². The maximum Gasteiger partial charge on any atom is 0.311 e. The molecule has 1 saturated carbocycles. The number of carbonyl (C=O) groups is 3. The highest BCUT2D eigenvalue weighted by atomic mass is 16.7. The minimum absolute atomic E-state index is 0.112. The molecule has 0 aromatic rings. The molecule has 2 bridgehead atoms. The number of aliphatic hydroxyl groups is 2. The van der Waals surface area contributed by atoms with Gasteiger partial charge >= 0.3 is 17.9 Å². The molecule has 10 heteroatoms. The Hall–Kier alpha value is -2.01. The van der Waals surface area contributed by atoms with Gasteiger partial charge in [0, 0.05) is 20.3 Å². The highest BCUT2D eigenvalue weighted by molar-refractivity contribution is 5.72. The summed E-state index contributed by atoms with van der Waals surface area (Å²) in [5.74, 6) is -2.33. The first-order valence-corrected chi connectivity index (χ1v) is 11.2. The Balaban J connectivity index is 1.81. The molecular formula is C23H32O10. The molecule has 33 heavy (non-hydrogen) atoms. The van der Waals surface area contributed by atoms with Crippen molar-refractivity contribution in [2.24, 2.45) is 16.7 Å². The number of epoxide rings is 1. The van der Waals surface area contributed by atoms with E-state index in [2.05, 4.69) is 0 Å². The Morgan fingerprint density at radius 3 is 2.45 bits per heavy atom. The van der Waals surface area contributed by atoms with E-state index in [1.165, 1.54) is 13.8 Å². The molecule has 0 aromatic heterocycles. The lowest BCUT2D eigenvalue weighted by Crippen LogP contribution is -2.68. The van der Waals surface area contributed by atoms with E-state index in [-0.39, 0.29) is 26.2 Å². The number of hydrogen-bond acceptors (Lipinski definition) is 10. The van der Waals surface area contributed by atoms with Crippen molar-refractivity contribution in [2.45, 2.75) is 77.2 Å². The molecule has 1 unspecified atom stereocenters. The molecule has 184 valence electrons. The second-order valence-corrected chi connectivity index (χ2v) is 9.94. The van der Waals surface area contributed by atoms with Gasteiger partial charge in [0.2, 0.25) is 0 Å². The van der Waals surface area contributed by atoms with Crippen LogP contribution < -0.4 is 0 Å². The molecule has 4 rings (SSSR count). The van der Waals surface area contributed by atoms with E-state index in [9.17, 15) is 24.6 Å². The number of ether oxygens (including phenoxy) is 5. The van der Waals surface area contributed by atoms with Crippen LogP contribution in [0.2, 0.25) is 0 Å². The molecule has 0 aromatic carbocycles. The van der Waals surface area contributed by atoms with E-state index in [0.29, 0.717) is 0 Å². The van der Waals surface area contributed by atoms with Crippen molar-refractivity contribution in [3.05, 3.63) is 11.6 Å². The molecule has 1 spiro atoms. The van der Waals surface area contributed by atoms with Gasteiger partial charge in [0.1, 0.15) is 36.6 Å². The normalized spacial score (nSPS) is 43.8. The molecule has 4 aliphatic rings. The van der Waals surface area contributed by atoms with Crippen LogP contribution in [-0.4, -0.2) is 84.1 Å². The number of aliphatic hydroxyl groups excluding tert-OH is 2. The summed E-state index contributed by atoms with van der Waals surface area (Å²) in [5, 5.41) is 20.5. The van der Waals surface area contributed by atoms with Crippen molar-refractivity contribution in [1.82, 2.24) is 0 Å². The minimum Gasteiger partial charge on any atom is -0.465 e. The van der Waals surface area contributed by atoms with E-state index in [1.807, 2.05) is 19.9 Å². The Kier molecular flexibility index (Phi) is 5.88. The van der Waals surface area contributed by atoms with Crippen LogP contribution >= 0.6 is 0 Å². The van der Waals surface area contributed by atoms with Gasteiger partial charge in [-0.05, 0) is 19.4 Å². The summed E-state index contributed by atoms with van der Waals surface area (Å²) in [6.07, 6.45) is -2.16. The predicted molar refractivity (Wildman–Crippen MR) is 111 cm³/mol. The fourth-order valence-electron chi connectivity index (χ4n) is 6.05. The Morgan fingerprint density at radius 1 is 1.24 bits per heavy atom. The molecule has 3 fully saturated rings. The van der Waals surface area contributed by atoms with Crippen LogP contribution in [0.1, 0.15) is 41.0 Å². The molecule has 2 saturated heterocycles. The first-order valence-electron chi connectivity index (χ1n) is 11.2. The van der Waals surface area contributed by atoms with Crippen LogP contribution in [0.5, 0.6) is 0 Å². The van der Waals surface area contributed by atoms with E-state index in [0.717, 1.165) is 5.57 Å². The van der Waals surface area contributed by atoms with E-state index in [4.69, 9.17) is 23.7 Å². The molecule has 10 nitrogen and oxygen atoms in total. The minimum atomic E-state index is -1.15. The van der Waals surface area contributed by atoms with Crippen molar-refractivity contribution < 1.29 is 48.3 Å². The lowest BCUT2D eigenvalue weighted by Gasteiger charge is -2.58. The monoisotopic (exact) mass is 468 g/mol. The molecule has 0 amide bonds. The first kappa shape index (κ1) is 24.1. The zero-order valence-corrected chi connectivity index (χ0v) is 19.5. The van der Waals surface area contributed by atoms with Crippen LogP contribution in [0.4, 0.5) is 0 Å². The quantitative estimate of drug-likeness (QED) is 0.242. The highest BCUT2D eigenvalue weighted by Gasteiger charge is 2.86. The number of carbonyl (C=O) groups excluding carboxylic acids is 3. The SMILES string of the molecule is CC(=O)OC[C@]12C[C@H](OC(=O)C(C)CO)C(C)=C[C@H]1O[C@@H]1[C@H](O)[C@@H](OC(C)=O)[C@@]2(C)[C@]12CO2. The third-order valence-corrected chi connectivity index (χ3v) is 8.09. The van der Waals surface area contributed by atoms with Gasteiger partial charge in [0.05, 0.1) is 36.1 Å². The van der Waals surface area contributed by atoms with E-state index in [1.54, 1.807) is 6.92 Å². The first-order chi connectivity index (χ1) is 15.4. The molecular weight excluding hydrogens is 436 g/mol. The van der Waals surface area contributed by atoms with Crippen LogP contribution in [-0.2, 0) is 38.1 Å². The molecule has 2 heterocycles. The van der Waals surface area contributed by atoms with Gasteiger partial charge in [0.25, 0.3) is 0 Å². The Morgan fingerprint density at radius 2 is 1.91 bits per heavy atom. The summed E-state index contributed by atoms with van der Waals surface area (Å²) in [5.41, 5.74) is -2.24. The zero-order valence-electron chi connectivity index (χ0n) is 19.5. The van der Waals surface area contributed by atoms with Gasteiger partial charge in [-0.3, -0.25) is 14.4 Å². The maximum absolute atomic E-state index is 12.5. The average Bonchev–Trinajstić information content (AvgIpc) is 3.53. The molecule has 0 radical (unpaired) electrons. The summed E-state index contributed by atoms with van der Waals surface area (Å²) >= 11 is 0. The number of fused-ring (bicyclic) bond motifs is 2. The molecule has 2 aliphatic carbocycles. The van der Waals surface area contributed by atoms with Crippen molar-refractivity contribution in [3.8, 4) is 0 Å². The Labute approximate surface area is 192 Å². The van der Waals surface area contributed by atoms with E-state index >= 15 is 0 Å². The zero-order chi connectivity index (χ0) is 24.3. The molecule has 2 aliphatic heterocycles. The second-order valence-electron chi connectivity index (χ2n) is 9.94. The summed E-state index contributed by atoms with van der Waals surface area (Å²) in [6.45, 7) is 7.61. The Bertz CT molecular complexity index is 878. The average molecular weight is 468 g/mol. The maximum atomic E-state index is 12.5. The van der Waals surface area contributed by atoms with Crippen molar-refractivity contribution in [1.29, 1.82) is 0 Å². The lowest BCUT2D eigenvalue weighted by atomic mass is 9.51.